The largest absolute Gasteiger partial charge is 0.289 e. The van der Waals surface area contributed by atoms with Crippen LogP contribution in [0.25, 0.3) is 11.1 Å². The van der Waals surface area contributed by atoms with Gasteiger partial charge >= 0.3 is 0 Å². The van der Waals surface area contributed by atoms with Crippen molar-refractivity contribution in [1.29, 1.82) is 0 Å². The van der Waals surface area contributed by atoms with Crippen LogP contribution in [-0.4, -0.2) is 46.5 Å². The van der Waals surface area contributed by atoms with E-state index in [4.69, 9.17) is 0 Å². The maximum atomic E-state index is 14.4. The molecule has 3 aliphatic rings. The van der Waals surface area contributed by atoms with E-state index < -0.39 is 0 Å². The molecule has 4 heteroatoms. The van der Waals surface area contributed by atoms with E-state index in [0.717, 1.165) is 58.4 Å². The van der Waals surface area contributed by atoms with Crippen molar-refractivity contribution in [3.8, 4) is 11.1 Å². The fourth-order valence-corrected chi connectivity index (χ4v) is 6.41. The molecule has 0 N–H and O–H groups in total. The number of fused-ring (bicyclic) bond motifs is 4. The van der Waals surface area contributed by atoms with Crippen LogP contribution in [0.4, 0.5) is 0 Å². The highest BCUT2D eigenvalue weighted by molar-refractivity contribution is 5.96. The monoisotopic (exact) mass is 479 g/mol. The van der Waals surface area contributed by atoms with Gasteiger partial charge in [-0.1, -0.05) is 87.0 Å². The topological polar surface area (TPSA) is 26.8 Å². The van der Waals surface area contributed by atoms with Gasteiger partial charge in [0.05, 0.1) is 5.92 Å². The summed E-state index contributed by atoms with van der Waals surface area (Å²) in [5.74, 6) is 0.0426. The van der Waals surface area contributed by atoms with Crippen molar-refractivity contribution in [3.05, 3.63) is 94.5 Å². The number of hydrazine groups is 1. The van der Waals surface area contributed by atoms with E-state index in [2.05, 4.69) is 95.5 Å². The summed E-state index contributed by atoms with van der Waals surface area (Å²) in [6.45, 7) is 9.11. The van der Waals surface area contributed by atoms with Crippen LogP contribution in [0.5, 0.6) is 0 Å². The van der Waals surface area contributed by atoms with Crippen LogP contribution >= 0.6 is 0 Å². The third-order valence-corrected chi connectivity index (χ3v) is 8.35. The van der Waals surface area contributed by atoms with Crippen LogP contribution in [0.1, 0.15) is 66.8 Å². The molecule has 2 heterocycles. The number of hydrogen-bond donors (Lipinski definition) is 0. The van der Waals surface area contributed by atoms with Crippen molar-refractivity contribution in [2.75, 3.05) is 19.6 Å². The average molecular weight is 480 g/mol. The van der Waals surface area contributed by atoms with Crippen LogP contribution in [-0.2, 0) is 24.3 Å². The van der Waals surface area contributed by atoms with E-state index in [1.165, 1.54) is 38.9 Å². The van der Waals surface area contributed by atoms with Crippen LogP contribution < -0.4 is 0 Å². The number of hydrogen-bond acceptors (Lipinski definition) is 3. The van der Waals surface area contributed by atoms with Crippen molar-refractivity contribution >= 4 is 5.91 Å². The molecular weight excluding hydrogens is 442 g/mol. The molecule has 4 nitrogen and oxygen atoms in total. The Balaban J connectivity index is 1.25. The molecule has 1 amide bonds. The minimum Gasteiger partial charge on any atom is -0.289 e. The molecule has 6 rings (SSSR count). The van der Waals surface area contributed by atoms with E-state index in [1.807, 2.05) is 0 Å². The van der Waals surface area contributed by atoms with E-state index in [0.29, 0.717) is 6.04 Å². The molecule has 3 aromatic carbocycles. The van der Waals surface area contributed by atoms with Gasteiger partial charge in [0.1, 0.15) is 0 Å². The van der Waals surface area contributed by atoms with E-state index in [9.17, 15) is 4.79 Å². The van der Waals surface area contributed by atoms with Crippen molar-refractivity contribution in [2.45, 2.75) is 64.6 Å². The summed E-state index contributed by atoms with van der Waals surface area (Å²) >= 11 is 0. The van der Waals surface area contributed by atoms with Gasteiger partial charge in [-0.2, -0.15) is 0 Å². The molecule has 1 atom stereocenters. The summed E-state index contributed by atoms with van der Waals surface area (Å²) < 4.78 is 0. The summed E-state index contributed by atoms with van der Waals surface area (Å²) in [7, 11) is 0. The molecule has 1 fully saturated rings. The molecule has 3 aromatic rings. The summed E-state index contributed by atoms with van der Waals surface area (Å²) in [6, 6.07) is 24.5. The minimum atomic E-state index is -0.203. The maximum Gasteiger partial charge on any atom is 0.248 e. The zero-order valence-corrected chi connectivity index (χ0v) is 21.6. The zero-order valence-electron chi connectivity index (χ0n) is 21.6. The first-order chi connectivity index (χ1) is 17.7. The molecular formula is C32H37N3O. The third-order valence-electron chi connectivity index (χ3n) is 8.35. The lowest BCUT2D eigenvalue weighted by Crippen LogP contribution is -2.65. The molecule has 0 saturated carbocycles. The molecule has 0 bridgehead atoms. The summed E-state index contributed by atoms with van der Waals surface area (Å²) in [4.78, 5) is 17.0. The van der Waals surface area contributed by atoms with Crippen LogP contribution in [0.15, 0.2) is 66.7 Å². The maximum absolute atomic E-state index is 14.4. The fraction of sp³-hybridized carbons (Fsp3) is 0.406. The Labute approximate surface area is 215 Å². The van der Waals surface area contributed by atoms with Gasteiger partial charge in [-0.25, -0.2) is 5.01 Å². The van der Waals surface area contributed by atoms with Gasteiger partial charge in [0.15, 0.2) is 0 Å². The number of unbranched alkanes of at least 4 members (excludes halogenated alkanes) is 1. The molecule has 36 heavy (non-hydrogen) atoms. The van der Waals surface area contributed by atoms with Crippen LogP contribution in [0.2, 0.25) is 0 Å². The summed E-state index contributed by atoms with van der Waals surface area (Å²) in [6.07, 6.45) is 4.30. The Morgan fingerprint density at radius 3 is 2.28 bits per heavy atom. The Kier molecular flexibility index (Phi) is 6.41. The molecule has 0 aromatic heterocycles. The standard InChI is InChI=1S/C32H37N3O/c1-3-5-11-23-14-10-17-28-27-15-8-9-16-29(27)31(30(23)28)32(36)35(18-4-2)34-21-26(22-34)33-19-24-12-6-7-13-25(24)20-33/h6-10,12-17,26,31H,3-5,11,18-22H2,1-2H3. The predicted octanol–water partition coefficient (Wildman–Crippen LogP) is 6.00. The zero-order chi connectivity index (χ0) is 24.6. The number of rotatable bonds is 8. The van der Waals surface area contributed by atoms with Gasteiger partial charge in [-0.3, -0.25) is 14.7 Å². The normalized spacial score (nSPS) is 19.0. The fourth-order valence-electron chi connectivity index (χ4n) is 6.41. The second kappa shape index (κ2) is 9.84. The lowest BCUT2D eigenvalue weighted by Gasteiger charge is -2.49. The van der Waals surface area contributed by atoms with E-state index >= 15 is 0 Å². The number of carbonyl (C=O) groups excluding carboxylic acids is 1. The van der Waals surface area contributed by atoms with Crippen molar-refractivity contribution in [3.63, 3.8) is 0 Å². The molecule has 0 spiro atoms. The summed E-state index contributed by atoms with van der Waals surface area (Å²) in [5.41, 5.74) is 9.17. The first kappa shape index (κ1) is 23.4. The lowest BCUT2D eigenvalue weighted by atomic mass is 9.89. The van der Waals surface area contributed by atoms with Gasteiger partial charge in [0, 0.05) is 38.8 Å². The highest BCUT2D eigenvalue weighted by atomic mass is 16.2. The van der Waals surface area contributed by atoms with Crippen molar-refractivity contribution in [2.24, 2.45) is 0 Å². The van der Waals surface area contributed by atoms with Gasteiger partial charge in [0.25, 0.3) is 0 Å². The SMILES string of the molecule is CCCCc1cccc2c1C(C(=O)N(CCC)N1CC(N3Cc4ccccc4C3)C1)c1ccccc1-2. The van der Waals surface area contributed by atoms with Crippen LogP contribution in [0.3, 0.4) is 0 Å². The first-order valence-electron chi connectivity index (χ1n) is 13.8. The quantitative estimate of drug-likeness (QED) is 0.397. The Morgan fingerprint density at radius 2 is 1.56 bits per heavy atom. The molecule has 2 aliphatic heterocycles. The number of amides is 1. The second-order valence-electron chi connectivity index (χ2n) is 10.7. The smallest absolute Gasteiger partial charge is 0.248 e. The van der Waals surface area contributed by atoms with E-state index in [1.54, 1.807) is 0 Å². The van der Waals surface area contributed by atoms with Gasteiger partial charge in [0.2, 0.25) is 5.91 Å². The highest BCUT2D eigenvalue weighted by Gasteiger charge is 2.43. The van der Waals surface area contributed by atoms with E-state index in [-0.39, 0.29) is 11.8 Å². The Hall–Kier alpha value is -2.95. The van der Waals surface area contributed by atoms with Gasteiger partial charge in [-0.15, -0.1) is 0 Å². The first-order valence-corrected chi connectivity index (χ1v) is 13.8. The molecule has 1 aliphatic carbocycles. The Morgan fingerprint density at radius 1 is 0.861 bits per heavy atom. The number of aryl methyl sites for hydroxylation is 1. The predicted molar refractivity (Wildman–Crippen MR) is 145 cm³/mol. The second-order valence-corrected chi connectivity index (χ2v) is 10.7. The highest BCUT2D eigenvalue weighted by Crippen LogP contribution is 2.47. The minimum absolute atomic E-state index is 0.203. The number of carbonyl (C=O) groups is 1. The lowest BCUT2D eigenvalue weighted by molar-refractivity contribution is -0.167. The summed E-state index contributed by atoms with van der Waals surface area (Å²) in [5, 5.41) is 4.40. The van der Waals surface area contributed by atoms with Crippen molar-refractivity contribution in [1.82, 2.24) is 14.9 Å². The van der Waals surface area contributed by atoms with Crippen molar-refractivity contribution < 1.29 is 4.79 Å². The Bertz CT molecular complexity index is 1240. The molecule has 0 radical (unpaired) electrons. The third kappa shape index (κ3) is 3.97. The number of benzene rings is 3. The molecule has 186 valence electrons. The van der Waals surface area contributed by atoms with Gasteiger partial charge in [-0.05, 0) is 58.2 Å². The van der Waals surface area contributed by atoms with Crippen LogP contribution in [0, 0.1) is 0 Å². The number of nitrogens with zero attached hydrogens (tertiary/aromatic N) is 3. The van der Waals surface area contributed by atoms with Gasteiger partial charge < -0.3 is 0 Å². The average Bonchev–Trinajstić information content (AvgIpc) is 3.45. The molecule has 1 saturated heterocycles. The molecule has 1 unspecified atom stereocenters.